The van der Waals surface area contributed by atoms with Crippen LogP contribution in [0, 0.1) is 0 Å². The molecule has 6 heteroatoms. The molecule has 1 unspecified atom stereocenters. The Morgan fingerprint density at radius 2 is 1.88 bits per heavy atom. The Labute approximate surface area is 151 Å². The topological polar surface area (TPSA) is 55.4 Å². The van der Waals surface area contributed by atoms with E-state index in [1.54, 1.807) is 25.3 Å². The maximum absolute atomic E-state index is 12.6. The molecular weight excluding hydrogens is 390 g/mol. The van der Waals surface area contributed by atoms with Crippen LogP contribution in [-0.4, -0.2) is 15.5 Å². The molecular formula is C18H20BrNO3S. The van der Waals surface area contributed by atoms with E-state index in [9.17, 15) is 8.42 Å². The van der Waals surface area contributed by atoms with Gasteiger partial charge in [-0.25, -0.2) is 13.1 Å². The van der Waals surface area contributed by atoms with E-state index < -0.39 is 10.0 Å². The smallest absolute Gasteiger partial charge is 0.241 e. The molecule has 0 amide bonds. The highest BCUT2D eigenvalue weighted by Crippen LogP contribution is 2.29. The Morgan fingerprint density at radius 3 is 2.58 bits per heavy atom. The molecule has 24 heavy (non-hydrogen) atoms. The highest BCUT2D eigenvalue weighted by atomic mass is 79.9. The van der Waals surface area contributed by atoms with Crippen molar-refractivity contribution in [2.75, 3.05) is 7.11 Å². The summed E-state index contributed by atoms with van der Waals surface area (Å²) >= 11 is 3.33. The van der Waals surface area contributed by atoms with Crippen molar-refractivity contribution in [2.24, 2.45) is 0 Å². The molecule has 3 rings (SSSR count). The average Bonchev–Trinajstić information content (AvgIpc) is 3.01. The zero-order chi connectivity index (χ0) is 17.3. The van der Waals surface area contributed by atoms with Crippen molar-refractivity contribution in [3.05, 3.63) is 57.6 Å². The maximum atomic E-state index is 12.6. The first-order chi connectivity index (χ1) is 11.4. The van der Waals surface area contributed by atoms with E-state index in [0.29, 0.717) is 10.2 Å². The molecule has 1 atom stereocenters. The number of rotatable bonds is 5. The van der Waals surface area contributed by atoms with Crippen molar-refractivity contribution in [3.63, 3.8) is 0 Å². The van der Waals surface area contributed by atoms with E-state index in [1.807, 2.05) is 13.0 Å². The largest absolute Gasteiger partial charge is 0.496 e. The number of sulfonamides is 1. The molecule has 0 radical (unpaired) electrons. The van der Waals surface area contributed by atoms with E-state index >= 15 is 0 Å². The first kappa shape index (κ1) is 17.5. The number of methoxy groups -OCH3 is 1. The lowest BCUT2D eigenvalue weighted by Crippen LogP contribution is -2.27. The molecule has 4 nitrogen and oxygen atoms in total. The van der Waals surface area contributed by atoms with Gasteiger partial charge in [0.2, 0.25) is 10.0 Å². The summed E-state index contributed by atoms with van der Waals surface area (Å²) in [5.41, 5.74) is 3.71. The van der Waals surface area contributed by atoms with Crippen LogP contribution in [0.2, 0.25) is 0 Å². The van der Waals surface area contributed by atoms with Crippen LogP contribution in [0.25, 0.3) is 0 Å². The summed E-state index contributed by atoms with van der Waals surface area (Å²) in [5, 5.41) is 0. The number of fused-ring (bicyclic) bond motifs is 1. The van der Waals surface area contributed by atoms with Crippen LogP contribution in [0.3, 0.4) is 0 Å². The Kier molecular flexibility index (Phi) is 4.99. The molecule has 1 aliphatic carbocycles. The summed E-state index contributed by atoms with van der Waals surface area (Å²) < 4.78 is 33.8. The number of nitrogens with one attached hydrogen (secondary N) is 1. The quantitative estimate of drug-likeness (QED) is 0.811. The lowest BCUT2D eigenvalue weighted by molar-refractivity contribution is 0.411. The van der Waals surface area contributed by atoms with Crippen molar-refractivity contribution in [1.29, 1.82) is 0 Å². The summed E-state index contributed by atoms with van der Waals surface area (Å²) in [6.07, 6.45) is 3.38. The normalized spacial score (nSPS) is 15.1. The monoisotopic (exact) mass is 409 g/mol. The van der Waals surface area contributed by atoms with E-state index in [1.165, 1.54) is 17.5 Å². The van der Waals surface area contributed by atoms with Gasteiger partial charge in [0, 0.05) is 6.04 Å². The lowest BCUT2D eigenvalue weighted by Gasteiger charge is -2.16. The zero-order valence-corrected chi connectivity index (χ0v) is 16.1. The van der Waals surface area contributed by atoms with Crippen LogP contribution in [0.1, 0.15) is 36.1 Å². The first-order valence-corrected chi connectivity index (χ1v) is 10.2. The maximum Gasteiger partial charge on any atom is 0.241 e. The summed E-state index contributed by atoms with van der Waals surface area (Å²) in [4.78, 5) is 0.211. The van der Waals surface area contributed by atoms with Gasteiger partial charge in [-0.3, -0.25) is 0 Å². The predicted octanol–water partition coefficient (Wildman–Crippen LogP) is 3.99. The molecule has 0 aromatic heterocycles. The highest BCUT2D eigenvalue weighted by molar-refractivity contribution is 9.10. The van der Waals surface area contributed by atoms with Crippen molar-refractivity contribution in [2.45, 2.75) is 37.1 Å². The summed E-state index contributed by atoms with van der Waals surface area (Å²) in [7, 11) is -2.06. The molecule has 2 aromatic rings. The summed E-state index contributed by atoms with van der Waals surface area (Å²) in [5.74, 6) is 0.598. The second-order valence-corrected chi connectivity index (χ2v) is 8.59. The number of hydrogen-bond acceptors (Lipinski definition) is 3. The van der Waals surface area contributed by atoms with Gasteiger partial charge in [-0.1, -0.05) is 18.2 Å². The first-order valence-electron chi connectivity index (χ1n) is 7.88. The van der Waals surface area contributed by atoms with Gasteiger partial charge in [0.15, 0.2) is 0 Å². The Hall–Kier alpha value is -1.37. The van der Waals surface area contributed by atoms with E-state index in [4.69, 9.17) is 4.74 Å². The molecule has 0 aliphatic heterocycles. The van der Waals surface area contributed by atoms with E-state index in [2.05, 4.69) is 32.8 Å². The molecule has 0 spiro atoms. The Bertz CT molecular complexity index is 865. The van der Waals surface area contributed by atoms with Gasteiger partial charge in [0.05, 0.1) is 16.5 Å². The molecule has 1 N–H and O–H groups in total. The molecule has 0 fully saturated rings. The fourth-order valence-corrected chi connectivity index (χ4v) is 4.99. The van der Waals surface area contributed by atoms with Crippen molar-refractivity contribution in [3.8, 4) is 5.75 Å². The molecule has 128 valence electrons. The lowest BCUT2D eigenvalue weighted by atomic mass is 10.0. The van der Waals surface area contributed by atoms with Crippen LogP contribution in [0.5, 0.6) is 5.75 Å². The average molecular weight is 410 g/mol. The van der Waals surface area contributed by atoms with Gasteiger partial charge < -0.3 is 4.74 Å². The fourth-order valence-electron chi connectivity index (χ4n) is 3.04. The Balaban J connectivity index is 1.82. The minimum absolute atomic E-state index is 0.211. The number of benzene rings is 2. The SMILES string of the molecule is COc1ccc(S(=O)(=O)NC(C)c2ccc3c(c2)CCC3)cc1Br. The van der Waals surface area contributed by atoms with Gasteiger partial charge in [-0.05, 0) is 77.0 Å². The predicted molar refractivity (Wildman–Crippen MR) is 97.9 cm³/mol. The van der Waals surface area contributed by atoms with E-state index in [0.717, 1.165) is 18.4 Å². The Morgan fingerprint density at radius 1 is 1.12 bits per heavy atom. The third-order valence-electron chi connectivity index (χ3n) is 4.39. The number of hydrogen-bond donors (Lipinski definition) is 1. The number of halogens is 1. The molecule has 0 saturated heterocycles. The van der Waals surface area contributed by atoms with Crippen LogP contribution < -0.4 is 9.46 Å². The molecule has 2 aromatic carbocycles. The minimum atomic E-state index is -3.60. The second kappa shape index (κ2) is 6.86. The number of aryl methyl sites for hydroxylation is 2. The summed E-state index contributed by atoms with van der Waals surface area (Å²) in [6, 6.07) is 10.7. The van der Waals surface area contributed by atoms with Gasteiger partial charge in [-0.2, -0.15) is 0 Å². The second-order valence-electron chi connectivity index (χ2n) is 6.02. The standard InChI is InChI=1S/C18H20BrNO3S/c1-12(14-7-6-13-4-3-5-15(13)10-14)20-24(21,22)16-8-9-18(23-2)17(19)11-16/h6-12,20H,3-5H2,1-2H3. The van der Waals surface area contributed by atoms with Crippen molar-refractivity contribution >= 4 is 26.0 Å². The van der Waals surface area contributed by atoms with Gasteiger partial charge in [0.25, 0.3) is 0 Å². The van der Waals surface area contributed by atoms with Gasteiger partial charge in [0.1, 0.15) is 5.75 Å². The van der Waals surface area contributed by atoms with Crippen molar-refractivity contribution < 1.29 is 13.2 Å². The van der Waals surface area contributed by atoms with E-state index in [-0.39, 0.29) is 10.9 Å². The van der Waals surface area contributed by atoms with Gasteiger partial charge in [-0.15, -0.1) is 0 Å². The molecule has 0 saturated carbocycles. The highest BCUT2D eigenvalue weighted by Gasteiger charge is 2.21. The van der Waals surface area contributed by atoms with Crippen molar-refractivity contribution in [1.82, 2.24) is 4.72 Å². The molecule has 1 aliphatic rings. The number of ether oxygens (including phenoxy) is 1. The van der Waals surface area contributed by atoms with Crippen LogP contribution in [-0.2, 0) is 22.9 Å². The van der Waals surface area contributed by atoms with Crippen LogP contribution >= 0.6 is 15.9 Å². The molecule has 0 heterocycles. The fraction of sp³-hybridized carbons (Fsp3) is 0.333. The zero-order valence-electron chi connectivity index (χ0n) is 13.7. The summed E-state index contributed by atoms with van der Waals surface area (Å²) in [6.45, 7) is 1.87. The van der Waals surface area contributed by atoms with Gasteiger partial charge >= 0.3 is 0 Å². The van der Waals surface area contributed by atoms with Crippen LogP contribution in [0.15, 0.2) is 45.8 Å². The minimum Gasteiger partial charge on any atom is -0.496 e. The van der Waals surface area contributed by atoms with Crippen LogP contribution in [0.4, 0.5) is 0 Å². The molecule has 0 bridgehead atoms. The third kappa shape index (κ3) is 3.50. The third-order valence-corrected chi connectivity index (χ3v) is 6.55.